The number of carbonyl (C=O) groups excluding carboxylic acids is 1. The van der Waals surface area contributed by atoms with E-state index in [1.54, 1.807) is 0 Å². The quantitative estimate of drug-likeness (QED) is 0.343. The summed E-state index contributed by atoms with van der Waals surface area (Å²) in [6, 6.07) is 17.1. The zero-order valence-corrected chi connectivity index (χ0v) is 18.7. The number of amides is 1. The molecule has 1 amide bonds. The standard InChI is InChI=1S/C24H22Cl2N4O/c1-13-8-20-21(9-14(13)2)30-23(29-20)17(15-6-4-3-5-7-15)12-28-24(31)22-18(25)10-16(27)11-19(22)26/h3-11,17H,12,27H2,1-2H3,(H,28,31)(H,29,30)/t17-/m0/s1. The van der Waals surface area contributed by atoms with Gasteiger partial charge in [0, 0.05) is 12.2 Å². The fourth-order valence-corrected chi connectivity index (χ4v) is 4.28. The highest BCUT2D eigenvalue weighted by molar-refractivity contribution is 6.40. The van der Waals surface area contributed by atoms with E-state index >= 15 is 0 Å². The Labute approximate surface area is 190 Å². The summed E-state index contributed by atoms with van der Waals surface area (Å²) in [5.74, 6) is 0.240. The van der Waals surface area contributed by atoms with Gasteiger partial charge in [0.15, 0.2) is 0 Å². The number of carbonyl (C=O) groups is 1. The van der Waals surface area contributed by atoms with Crippen LogP contribution in [0.3, 0.4) is 0 Å². The van der Waals surface area contributed by atoms with E-state index in [0.717, 1.165) is 22.4 Å². The van der Waals surface area contributed by atoms with Gasteiger partial charge in [-0.3, -0.25) is 4.79 Å². The molecule has 0 saturated heterocycles. The van der Waals surface area contributed by atoms with Crippen molar-refractivity contribution >= 4 is 45.8 Å². The maximum atomic E-state index is 12.9. The molecule has 1 atom stereocenters. The third-order valence-corrected chi connectivity index (χ3v) is 6.00. The lowest BCUT2D eigenvalue weighted by molar-refractivity contribution is 0.0952. The van der Waals surface area contributed by atoms with Crippen molar-refractivity contribution < 1.29 is 4.79 Å². The number of hydrogen-bond donors (Lipinski definition) is 3. The number of hydrogen-bond acceptors (Lipinski definition) is 3. The molecule has 5 nitrogen and oxygen atoms in total. The van der Waals surface area contributed by atoms with Crippen molar-refractivity contribution in [3.63, 3.8) is 0 Å². The van der Waals surface area contributed by atoms with E-state index in [2.05, 4.69) is 36.3 Å². The van der Waals surface area contributed by atoms with Crippen LogP contribution in [0.2, 0.25) is 10.0 Å². The molecule has 31 heavy (non-hydrogen) atoms. The first kappa shape index (κ1) is 21.2. The molecule has 0 bridgehead atoms. The molecule has 0 radical (unpaired) electrons. The lowest BCUT2D eigenvalue weighted by Gasteiger charge is -2.17. The number of halogens is 2. The van der Waals surface area contributed by atoms with E-state index in [4.69, 9.17) is 33.9 Å². The predicted octanol–water partition coefficient (Wildman–Crippen LogP) is 5.63. The number of rotatable bonds is 5. The molecule has 0 fully saturated rings. The zero-order chi connectivity index (χ0) is 22.1. The van der Waals surface area contributed by atoms with Crippen LogP contribution in [-0.4, -0.2) is 22.4 Å². The Morgan fingerprint density at radius 1 is 1.06 bits per heavy atom. The summed E-state index contributed by atoms with van der Waals surface area (Å²) in [4.78, 5) is 21.1. The molecule has 3 aromatic carbocycles. The van der Waals surface area contributed by atoms with Crippen LogP contribution in [0.4, 0.5) is 5.69 Å². The number of imidazole rings is 1. The van der Waals surface area contributed by atoms with Crippen molar-refractivity contribution in [1.29, 1.82) is 0 Å². The van der Waals surface area contributed by atoms with Crippen molar-refractivity contribution in [2.45, 2.75) is 19.8 Å². The Bertz CT molecular complexity index is 1210. The van der Waals surface area contributed by atoms with Crippen LogP contribution in [0.15, 0.2) is 54.6 Å². The number of fused-ring (bicyclic) bond motifs is 1. The molecule has 0 aliphatic heterocycles. The number of aryl methyl sites for hydroxylation is 2. The highest BCUT2D eigenvalue weighted by Gasteiger charge is 2.22. The van der Waals surface area contributed by atoms with E-state index in [1.165, 1.54) is 23.3 Å². The van der Waals surface area contributed by atoms with Gasteiger partial charge in [-0.1, -0.05) is 53.5 Å². The summed E-state index contributed by atoms with van der Waals surface area (Å²) < 4.78 is 0. The predicted molar refractivity (Wildman–Crippen MR) is 127 cm³/mol. The average molecular weight is 453 g/mol. The molecule has 0 unspecified atom stereocenters. The van der Waals surface area contributed by atoms with Gasteiger partial charge in [0.25, 0.3) is 5.91 Å². The maximum absolute atomic E-state index is 12.9. The highest BCUT2D eigenvalue weighted by Crippen LogP contribution is 2.29. The zero-order valence-electron chi connectivity index (χ0n) is 17.2. The van der Waals surface area contributed by atoms with E-state index in [1.807, 2.05) is 30.3 Å². The second-order valence-corrected chi connectivity index (χ2v) is 8.42. The molecular formula is C24H22Cl2N4O. The largest absolute Gasteiger partial charge is 0.399 e. The molecule has 1 aromatic heterocycles. The van der Waals surface area contributed by atoms with Gasteiger partial charge in [-0.15, -0.1) is 0 Å². The van der Waals surface area contributed by atoms with Gasteiger partial charge >= 0.3 is 0 Å². The number of nitrogen functional groups attached to an aromatic ring is 1. The minimum Gasteiger partial charge on any atom is -0.399 e. The lowest BCUT2D eigenvalue weighted by Crippen LogP contribution is -2.29. The Balaban J connectivity index is 1.67. The van der Waals surface area contributed by atoms with Crippen molar-refractivity contribution in [1.82, 2.24) is 15.3 Å². The fraction of sp³-hybridized carbons (Fsp3) is 0.167. The number of anilines is 1. The molecule has 4 N–H and O–H groups in total. The first-order chi connectivity index (χ1) is 14.8. The van der Waals surface area contributed by atoms with Crippen LogP contribution in [0.25, 0.3) is 11.0 Å². The van der Waals surface area contributed by atoms with Gasteiger partial charge < -0.3 is 16.0 Å². The minimum absolute atomic E-state index is 0.176. The first-order valence-corrected chi connectivity index (χ1v) is 10.6. The first-order valence-electron chi connectivity index (χ1n) is 9.88. The number of benzene rings is 3. The van der Waals surface area contributed by atoms with Crippen LogP contribution in [-0.2, 0) is 0 Å². The Morgan fingerprint density at radius 2 is 1.71 bits per heavy atom. The highest BCUT2D eigenvalue weighted by atomic mass is 35.5. The number of nitrogens with zero attached hydrogens (tertiary/aromatic N) is 1. The Kier molecular flexibility index (Phi) is 5.90. The molecule has 0 spiro atoms. The summed E-state index contributed by atoms with van der Waals surface area (Å²) in [7, 11) is 0. The number of nitrogens with one attached hydrogen (secondary N) is 2. The van der Waals surface area contributed by atoms with Gasteiger partial charge in [-0.05, 0) is 54.8 Å². The molecule has 4 rings (SSSR count). The number of aromatic amines is 1. The van der Waals surface area contributed by atoms with E-state index in [9.17, 15) is 4.79 Å². The number of nitrogens with two attached hydrogens (primary N) is 1. The minimum atomic E-state index is -0.362. The third kappa shape index (κ3) is 4.38. The maximum Gasteiger partial charge on any atom is 0.254 e. The molecule has 0 aliphatic carbocycles. The SMILES string of the molecule is Cc1cc2nc([C@@H](CNC(=O)c3c(Cl)cc(N)cc3Cl)c3ccccc3)[nH]c2cc1C. The van der Waals surface area contributed by atoms with Gasteiger partial charge in [0.05, 0.1) is 32.6 Å². The van der Waals surface area contributed by atoms with Crippen LogP contribution in [0.5, 0.6) is 0 Å². The van der Waals surface area contributed by atoms with Crippen molar-refractivity contribution in [3.05, 3.63) is 92.7 Å². The number of H-pyrrole nitrogens is 1. The second kappa shape index (κ2) is 8.61. The van der Waals surface area contributed by atoms with Gasteiger partial charge in [-0.2, -0.15) is 0 Å². The normalized spacial score (nSPS) is 12.1. The van der Waals surface area contributed by atoms with Gasteiger partial charge in [0.1, 0.15) is 5.82 Å². The molecule has 4 aromatic rings. The van der Waals surface area contributed by atoms with Crippen molar-refractivity contribution in [2.75, 3.05) is 12.3 Å². The van der Waals surface area contributed by atoms with Crippen LogP contribution in [0, 0.1) is 13.8 Å². The molecule has 158 valence electrons. The molecule has 0 saturated carbocycles. The fourth-order valence-electron chi connectivity index (χ4n) is 3.60. The molecule has 0 aliphatic rings. The molecule has 7 heteroatoms. The lowest BCUT2D eigenvalue weighted by atomic mass is 9.98. The molecule has 1 heterocycles. The van der Waals surface area contributed by atoms with E-state index < -0.39 is 0 Å². The van der Waals surface area contributed by atoms with E-state index in [-0.39, 0.29) is 27.4 Å². The topological polar surface area (TPSA) is 83.8 Å². The smallest absolute Gasteiger partial charge is 0.254 e. The second-order valence-electron chi connectivity index (χ2n) is 7.61. The van der Waals surface area contributed by atoms with Crippen LogP contribution in [0.1, 0.15) is 38.8 Å². The van der Waals surface area contributed by atoms with Crippen molar-refractivity contribution in [3.8, 4) is 0 Å². The van der Waals surface area contributed by atoms with Gasteiger partial charge in [0.2, 0.25) is 0 Å². The summed E-state index contributed by atoms with van der Waals surface area (Å²) in [5, 5.41) is 3.39. The van der Waals surface area contributed by atoms with E-state index in [0.29, 0.717) is 12.2 Å². The third-order valence-electron chi connectivity index (χ3n) is 5.41. The van der Waals surface area contributed by atoms with Crippen LogP contribution >= 0.6 is 23.2 Å². The Morgan fingerprint density at radius 3 is 2.39 bits per heavy atom. The average Bonchev–Trinajstić information content (AvgIpc) is 3.10. The molecular weight excluding hydrogens is 431 g/mol. The monoisotopic (exact) mass is 452 g/mol. The van der Waals surface area contributed by atoms with Crippen LogP contribution < -0.4 is 11.1 Å². The number of aromatic nitrogens is 2. The summed E-state index contributed by atoms with van der Waals surface area (Å²) >= 11 is 12.4. The summed E-state index contributed by atoms with van der Waals surface area (Å²) in [6.07, 6.45) is 0. The Hall–Kier alpha value is -3.02. The summed E-state index contributed by atoms with van der Waals surface area (Å²) in [5.41, 5.74) is 11.6. The summed E-state index contributed by atoms with van der Waals surface area (Å²) in [6.45, 7) is 4.46. The van der Waals surface area contributed by atoms with Crippen molar-refractivity contribution in [2.24, 2.45) is 0 Å². The van der Waals surface area contributed by atoms with Gasteiger partial charge in [-0.25, -0.2) is 4.98 Å².